The molecule has 5 aromatic rings. The van der Waals surface area contributed by atoms with Crippen LogP contribution in [0.2, 0.25) is 0 Å². The molecule has 55 heavy (non-hydrogen) atoms. The Balaban J connectivity index is 1.00. The van der Waals surface area contributed by atoms with Crippen LogP contribution < -0.4 is 14.4 Å². The topological polar surface area (TPSA) is 78.3 Å². The van der Waals surface area contributed by atoms with E-state index < -0.39 is 11.7 Å². The molecule has 0 amide bonds. The standard InChI is InChI=1S/C45H46F3N3O4/c1-54-42-23-34(21-40(31-8-9-31)44(42)55-2)35-19-29(24-49-25-35)26-50-16-14-38(15-17-50)51(37-12-10-36(11-13-37)45(46,47)48)27-28-4-3-5-32(18-28)33-20-39(30-6-7-30)43(53)41(52)22-33/h3-5,10-13,18-25,30-31,38,52-53H,6-9,14-17,26-27H2,1-2H3. The number of hydrogen-bond acceptors (Lipinski definition) is 7. The summed E-state index contributed by atoms with van der Waals surface area (Å²) in [6.45, 7) is 2.89. The van der Waals surface area contributed by atoms with Crippen LogP contribution in [-0.4, -0.2) is 53.4 Å². The van der Waals surface area contributed by atoms with E-state index in [9.17, 15) is 23.4 Å². The molecule has 7 nitrogen and oxygen atoms in total. The van der Waals surface area contributed by atoms with Gasteiger partial charge >= 0.3 is 6.18 Å². The van der Waals surface area contributed by atoms with Gasteiger partial charge in [0.05, 0.1) is 19.8 Å². The van der Waals surface area contributed by atoms with Crippen molar-refractivity contribution in [3.8, 4) is 45.3 Å². The number of rotatable bonds is 12. The number of phenols is 2. The van der Waals surface area contributed by atoms with Crippen LogP contribution in [0, 0.1) is 0 Å². The van der Waals surface area contributed by atoms with Crippen molar-refractivity contribution in [2.45, 2.75) is 75.7 Å². The first-order valence-electron chi connectivity index (χ1n) is 19.1. The predicted octanol–water partition coefficient (Wildman–Crippen LogP) is 10.3. The number of pyridine rings is 1. The Kier molecular flexibility index (Phi) is 10.1. The minimum Gasteiger partial charge on any atom is -0.504 e. The van der Waals surface area contributed by atoms with E-state index >= 15 is 0 Å². The molecule has 3 fully saturated rings. The number of phenolic OH excluding ortho intramolecular Hbond substituents is 2. The Hall–Kier alpha value is -5.22. The lowest BCUT2D eigenvalue weighted by molar-refractivity contribution is -0.137. The number of aromatic nitrogens is 1. The maximum atomic E-state index is 13.6. The van der Waals surface area contributed by atoms with Gasteiger partial charge in [-0.25, -0.2) is 0 Å². The molecule has 4 aromatic carbocycles. The highest BCUT2D eigenvalue weighted by molar-refractivity contribution is 5.71. The van der Waals surface area contributed by atoms with Gasteiger partial charge in [0.2, 0.25) is 0 Å². The van der Waals surface area contributed by atoms with Crippen molar-refractivity contribution in [2.24, 2.45) is 0 Å². The SMILES string of the molecule is COc1cc(-c2cncc(CN3CCC(N(Cc4cccc(-c5cc(O)c(O)c(C6CC6)c5)c4)c4ccc(C(F)(F)F)cc4)CC3)c2)cc(C2CC2)c1OC. The van der Waals surface area contributed by atoms with E-state index in [0.29, 0.717) is 12.5 Å². The Bertz CT molecular complexity index is 2160. The van der Waals surface area contributed by atoms with Crippen molar-refractivity contribution in [1.82, 2.24) is 9.88 Å². The highest BCUT2D eigenvalue weighted by Crippen LogP contribution is 2.50. The lowest BCUT2D eigenvalue weighted by atomic mass is 9.97. The molecule has 2 heterocycles. The molecular formula is C45H46F3N3O4. The molecule has 2 aliphatic carbocycles. The lowest BCUT2D eigenvalue weighted by Crippen LogP contribution is -2.44. The van der Waals surface area contributed by atoms with Crippen LogP contribution in [0.25, 0.3) is 22.3 Å². The van der Waals surface area contributed by atoms with E-state index in [2.05, 4.69) is 33.0 Å². The number of piperidine rings is 1. The molecule has 286 valence electrons. The van der Waals surface area contributed by atoms with E-state index in [1.54, 1.807) is 32.4 Å². The molecule has 10 heteroatoms. The van der Waals surface area contributed by atoms with Crippen molar-refractivity contribution < 1.29 is 32.9 Å². The van der Waals surface area contributed by atoms with E-state index in [-0.39, 0.29) is 23.5 Å². The van der Waals surface area contributed by atoms with Crippen molar-refractivity contribution >= 4 is 5.69 Å². The number of halogens is 3. The average Bonchev–Trinajstić information content (AvgIpc) is 4.13. The number of aromatic hydroxyl groups is 2. The number of hydrogen-bond donors (Lipinski definition) is 2. The van der Waals surface area contributed by atoms with Gasteiger partial charge < -0.3 is 24.6 Å². The zero-order chi connectivity index (χ0) is 38.3. The Morgan fingerprint density at radius 2 is 1.40 bits per heavy atom. The number of likely N-dealkylation sites (tertiary alicyclic amines) is 1. The van der Waals surface area contributed by atoms with Crippen LogP contribution in [0.1, 0.15) is 78.2 Å². The number of alkyl halides is 3. The molecule has 0 bridgehead atoms. The molecule has 2 saturated carbocycles. The van der Waals surface area contributed by atoms with Crippen LogP contribution in [-0.2, 0) is 19.3 Å². The molecule has 3 aliphatic rings. The average molecular weight is 750 g/mol. The number of nitrogens with zero attached hydrogens (tertiary/aromatic N) is 3. The fraction of sp³-hybridized carbons (Fsp3) is 0.356. The largest absolute Gasteiger partial charge is 0.504 e. The van der Waals surface area contributed by atoms with Crippen LogP contribution in [0.15, 0.2) is 91.3 Å². The van der Waals surface area contributed by atoms with Crippen LogP contribution in [0.4, 0.5) is 18.9 Å². The molecular weight excluding hydrogens is 704 g/mol. The maximum Gasteiger partial charge on any atom is 0.416 e. The number of ether oxygens (including phenoxy) is 2. The van der Waals surface area contributed by atoms with Crippen LogP contribution >= 0.6 is 0 Å². The molecule has 0 atom stereocenters. The summed E-state index contributed by atoms with van der Waals surface area (Å²) in [6, 6.07) is 23.6. The van der Waals surface area contributed by atoms with Crippen molar-refractivity contribution in [3.63, 3.8) is 0 Å². The Labute approximate surface area is 320 Å². The minimum absolute atomic E-state index is 0.0495. The minimum atomic E-state index is -4.41. The third-order valence-corrected chi connectivity index (χ3v) is 11.3. The summed E-state index contributed by atoms with van der Waals surface area (Å²) in [5.74, 6) is 2.09. The second-order valence-corrected chi connectivity index (χ2v) is 15.2. The number of benzene rings is 4. The monoisotopic (exact) mass is 749 g/mol. The second kappa shape index (κ2) is 15.1. The van der Waals surface area contributed by atoms with Gasteiger partial charge in [-0.2, -0.15) is 13.2 Å². The zero-order valence-electron chi connectivity index (χ0n) is 31.1. The molecule has 8 rings (SSSR count). The van der Waals surface area contributed by atoms with Gasteiger partial charge in [0.1, 0.15) is 0 Å². The third kappa shape index (κ3) is 8.10. The number of methoxy groups -OCH3 is 2. The fourth-order valence-electron chi connectivity index (χ4n) is 8.07. The molecule has 1 saturated heterocycles. The summed E-state index contributed by atoms with van der Waals surface area (Å²) in [5.41, 5.74) is 7.94. The normalized spacial score (nSPS) is 16.6. The van der Waals surface area contributed by atoms with Crippen LogP contribution in [0.5, 0.6) is 23.0 Å². The van der Waals surface area contributed by atoms with Crippen LogP contribution in [0.3, 0.4) is 0 Å². The van der Waals surface area contributed by atoms with E-state index in [0.717, 1.165) is 114 Å². The van der Waals surface area contributed by atoms with E-state index in [1.807, 2.05) is 42.7 Å². The summed E-state index contributed by atoms with van der Waals surface area (Å²) in [4.78, 5) is 9.26. The predicted molar refractivity (Wildman–Crippen MR) is 208 cm³/mol. The lowest BCUT2D eigenvalue weighted by Gasteiger charge is -2.40. The van der Waals surface area contributed by atoms with Gasteiger partial charge in [-0.3, -0.25) is 9.88 Å². The summed E-state index contributed by atoms with van der Waals surface area (Å²) in [6.07, 6.45) is 5.33. The van der Waals surface area contributed by atoms with E-state index in [4.69, 9.17) is 9.47 Å². The first-order chi connectivity index (χ1) is 26.6. The highest BCUT2D eigenvalue weighted by Gasteiger charge is 2.32. The van der Waals surface area contributed by atoms with Crippen molar-refractivity contribution in [3.05, 3.63) is 119 Å². The van der Waals surface area contributed by atoms with Gasteiger partial charge in [0.25, 0.3) is 0 Å². The Morgan fingerprint density at radius 3 is 2.07 bits per heavy atom. The van der Waals surface area contributed by atoms with Crippen molar-refractivity contribution in [1.29, 1.82) is 0 Å². The summed E-state index contributed by atoms with van der Waals surface area (Å²) >= 11 is 0. The summed E-state index contributed by atoms with van der Waals surface area (Å²) in [5, 5.41) is 21.0. The fourth-order valence-corrected chi connectivity index (χ4v) is 8.07. The molecule has 0 unspecified atom stereocenters. The number of anilines is 1. The maximum absolute atomic E-state index is 13.6. The molecule has 0 radical (unpaired) electrons. The third-order valence-electron chi connectivity index (χ3n) is 11.3. The first-order valence-corrected chi connectivity index (χ1v) is 19.1. The molecule has 1 aliphatic heterocycles. The summed E-state index contributed by atoms with van der Waals surface area (Å²) in [7, 11) is 3.35. The second-order valence-electron chi connectivity index (χ2n) is 15.2. The van der Waals surface area contributed by atoms with E-state index in [1.165, 1.54) is 17.7 Å². The zero-order valence-corrected chi connectivity index (χ0v) is 31.1. The van der Waals surface area contributed by atoms with Gasteiger partial charge in [0.15, 0.2) is 23.0 Å². The molecule has 0 spiro atoms. The summed E-state index contributed by atoms with van der Waals surface area (Å²) < 4.78 is 52.1. The van der Waals surface area contributed by atoms with Gasteiger partial charge in [-0.15, -0.1) is 0 Å². The quantitative estimate of drug-likeness (QED) is 0.123. The highest BCUT2D eigenvalue weighted by atomic mass is 19.4. The van der Waals surface area contributed by atoms with Gasteiger partial charge in [0, 0.05) is 67.0 Å². The van der Waals surface area contributed by atoms with Gasteiger partial charge in [-0.05, 0) is 139 Å². The Morgan fingerprint density at radius 1 is 0.727 bits per heavy atom. The smallest absolute Gasteiger partial charge is 0.416 e. The van der Waals surface area contributed by atoms with Crippen molar-refractivity contribution in [2.75, 3.05) is 32.2 Å². The first kappa shape index (κ1) is 36.7. The molecule has 1 aromatic heterocycles. The molecule has 2 N–H and O–H groups in total. The van der Waals surface area contributed by atoms with Gasteiger partial charge in [-0.1, -0.05) is 18.2 Å².